The Balaban J connectivity index is 1.83. The van der Waals surface area contributed by atoms with Gasteiger partial charge in [0, 0.05) is 5.56 Å². The van der Waals surface area contributed by atoms with Crippen LogP contribution in [-0.4, -0.2) is 5.11 Å². The van der Waals surface area contributed by atoms with E-state index in [2.05, 4.69) is 25.1 Å². The molecule has 0 fully saturated rings. The molecule has 3 aromatic carbocycles. The monoisotopic (exact) mass is 312 g/mol. The molecule has 0 radical (unpaired) electrons. The van der Waals surface area contributed by atoms with Crippen LogP contribution in [-0.2, 0) is 0 Å². The van der Waals surface area contributed by atoms with Crippen molar-refractivity contribution in [2.75, 3.05) is 0 Å². The quantitative estimate of drug-likeness (QED) is 0.582. The maximum atomic E-state index is 10.3. The molecule has 0 aliphatic heterocycles. The van der Waals surface area contributed by atoms with Gasteiger partial charge in [0.05, 0.1) is 0 Å². The van der Waals surface area contributed by atoms with Crippen molar-refractivity contribution < 1.29 is 5.11 Å². The van der Waals surface area contributed by atoms with Gasteiger partial charge in [0.2, 0.25) is 0 Å². The van der Waals surface area contributed by atoms with Gasteiger partial charge in [0.15, 0.2) is 0 Å². The van der Waals surface area contributed by atoms with Gasteiger partial charge in [-0.2, -0.15) is 0 Å². The second-order valence-corrected chi connectivity index (χ2v) is 5.76. The number of rotatable bonds is 4. The number of hydrogen-bond donors (Lipinski definition) is 1. The van der Waals surface area contributed by atoms with Crippen LogP contribution in [0.5, 0.6) is 5.75 Å². The first-order valence-corrected chi connectivity index (χ1v) is 8.02. The smallest absolute Gasteiger partial charge is 0.123 e. The van der Waals surface area contributed by atoms with E-state index < -0.39 is 0 Å². The summed E-state index contributed by atoms with van der Waals surface area (Å²) in [6.07, 6.45) is 8.05. The second-order valence-electron chi connectivity index (χ2n) is 5.76. The minimum Gasteiger partial charge on any atom is -0.507 e. The van der Waals surface area contributed by atoms with E-state index in [1.54, 1.807) is 0 Å². The highest BCUT2D eigenvalue weighted by atomic mass is 16.3. The highest BCUT2D eigenvalue weighted by Gasteiger charge is 2.02. The summed E-state index contributed by atoms with van der Waals surface area (Å²) in [7, 11) is 0. The van der Waals surface area contributed by atoms with Gasteiger partial charge in [-0.05, 0) is 41.3 Å². The van der Waals surface area contributed by atoms with Crippen LogP contribution in [0.3, 0.4) is 0 Å². The van der Waals surface area contributed by atoms with E-state index in [0.29, 0.717) is 5.75 Å². The lowest BCUT2D eigenvalue weighted by Gasteiger charge is -2.06. The summed E-state index contributed by atoms with van der Waals surface area (Å²) in [6.45, 7) is 2.06. The molecule has 1 N–H and O–H groups in total. The molecular weight excluding hydrogens is 292 g/mol. The van der Waals surface area contributed by atoms with Crippen molar-refractivity contribution in [2.45, 2.75) is 6.92 Å². The fraction of sp³-hybridized carbons (Fsp3) is 0.0435. The number of aromatic hydroxyl groups is 1. The first-order chi connectivity index (χ1) is 11.7. The zero-order valence-electron chi connectivity index (χ0n) is 13.7. The van der Waals surface area contributed by atoms with Crippen molar-refractivity contribution in [3.05, 3.63) is 101 Å². The van der Waals surface area contributed by atoms with E-state index in [4.69, 9.17) is 0 Å². The van der Waals surface area contributed by atoms with Crippen molar-refractivity contribution in [3.8, 4) is 5.75 Å². The molecule has 3 aromatic rings. The van der Waals surface area contributed by atoms with Gasteiger partial charge in [-0.1, -0.05) is 85.0 Å². The van der Waals surface area contributed by atoms with Crippen LogP contribution in [0.1, 0.15) is 27.8 Å². The molecule has 1 nitrogen and oxygen atoms in total. The lowest BCUT2D eigenvalue weighted by molar-refractivity contribution is 0.474. The summed E-state index contributed by atoms with van der Waals surface area (Å²) >= 11 is 0. The van der Waals surface area contributed by atoms with Crippen LogP contribution in [0.2, 0.25) is 0 Å². The van der Waals surface area contributed by atoms with E-state index in [1.807, 2.05) is 78.9 Å². The van der Waals surface area contributed by atoms with Crippen LogP contribution < -0.4 is 0 Å². The van der Waals surface area contributed by atoms with Crippen molar-refractivity contribution >= 4 is 24.3 Å². The van der Waals surface area contributed by atoms with Crippen LogP contribution in [0.4, 0.5) is 0 Å². The predicted molar refractivity (Wildman–Crippen MR) is 104 cm³/mol. The zero-order valence-corrected chi connectivity index (χ0v) is 13.7. The van der Waals surface area contributed by atoms with Crippen LogP contribution in [0.15, 0.2) is 72.8 Å². The third-order valence-corrected chi connectivity index (χ3v) is 3.93. The Morgan fingerprint density at radius 2 is 1.12 bits per heavy atom. The first-order valence-electron chi connectivity index (χ1n) is 8.02. The molecule has 118 valence electrons. The molecule has 1 heteroatoms. The maximum absolute atomic E-state index is 10.3. The lowest BCUT2D eigenvalue weighted by atomic mass is 10.0. The van der Waals surface area contributed by atoms with E-state index in [0.717, 1.165) is 27.8 Å². The summed E-state index contributed by atoms with van der Waals surface area (Å²) in [5, 5.41) is 10.3. The van der Waals surface area contributed by atoms with E-state index in [1.165, 1.54) is 0 Å². The minimum absolute atomic E-state index is 0.292. The van der Waals surface area contributed by atoms with Gasteiger partial charge in [-0.25, -0.2) is 0 Å². The Bertz CT molecular complexity index is 784. The highest BCUT2D eigenvalue weighted by Crippen LogP contribution is 2.25. The summed E-state index contributed by atoms with van der Waals surface area (Å²) in [5.41, 5.74) is 5.24. The van der Waals surface area contributed by atoms with Crippen LogP contribution >= 0.6 is 0 Å². The average molecular weight is 312 g/mol. The lowest BCUT2D eigenvalue weighted by Crippen LogP contribution is -1.84. The maximum Gasteiger partial charge on any atom is 0.123 e. The Kier molecular flexibility index (Phi) is 4.93. The van der Waals surface area contributed by atoms with E-state index in [9.17, 15) is 5.11 Å². The molecule has 24 heavy (non-hydrogen) atoms. The van der Waals surface area contributed by atoms with E-state index >= 15 is 0 Å². The normalized spacial score (nSPS) is 11.4. The second kappa shape index (κ2) is 7.47. The fourth-order valence-electron chi connectivity index (χ4n) is 2.55. The molecule has 0 spiro atoms. The molecule has 0 saturated heterocycles. The number of phenolic OH excluding ortho intramolecular Hbond substituents is 1. The number of benzene rings is 3. The Morgan fingerprint density at radius 3 is 1.67 bits per heavy atom. The fourth-order valence-corrected chi connectivity index (χ4v) is 2.55. The molecule has 0 aliphatic rings. The van der Waals surface area contributed by atoms with Crippen molar-refractivity contribution in [2.24, 2.45) is 0 Å². The number of aryl methyl sites for hydroxylation is 1. The van der Waals surface area contributed by atoms with Gasteiger partial charge >= 0.3 is 0 Å². The van der Waals surface area contributed by atoms with Gasteiger partial charge < -0.3 is 5.11 Å². The Hall–Kier alpha value is -3.06. The molecule has 0 saturated carbocycles. The highest BCUT2D eigenvalue weighted by molar-refractivity contribution is 5.77. The molecule has 0 aliphatic carbocycles. The largest absolute Gasteiger partial charge is 0.507 e. The van der Waals surface area contributed by atoms with Gasteiger partial charge in [0.1, 0.15) is 5.75 Å². The first kappa shape index (κ1) is 15.8. The molecule has 0 atom stereocenters. The van der Waals surface area contributed by atoms with Gasteiger partial charge in [-0.15, -0.1) is 0 Å². The summed E-state index contributed by atoms with van der Waals surface area (Å²) < 4.78 is 0. The van der Waals surface area contributed by atoms with Crippen LogP contribution in [0, 0.1) is 6.92 Å². The topological polar surface area (TPSA) is 20.2 Å². The predicted octanol–water partition coefficient (Wildman–Crippen LogP) is 6.04. The number of phenols is 1. The summed E-state index contributed by atoms with van der Waals surface area (Å²) in [6, 6.07) is 24.1. The molecule has 3 rings (SSSR count). The third-order valence-electron chi connectivity index (χ3n) is 3.93. The van der Waals surface area contributed by atoms with E-state index in [-0.39, 0.29) is 0 Å². The zero-order chi connectivity index (χ0) is 16.8. The third kappa shape index (κ3) is 4.02. The van der Waals surface area contributed by atoms with Crippen LogP contribution in [0.25, 0.3) is 24.3 Å². The van der Waals surface area contributed by atoms with Gasteiger partial charge in [0.25, 0.3) is 0 Å². The standard InChI is InChI=1S/C23H20O/c1-18-16-22(15-13-20-10-6-3-7-11-20)23(24)17-21(18)14-12-19-8-4-2-5-9-19/h2-17,24H,1H3. The molecule has 0 unspecified atom stereocenters. The Labute approximate surface area is 143 Å². The molecule has 0 bridgehead atoms. The molecule has 0 heterocycles. The van der Waals surface area contributed by atoms with Crippen molar-refractivity contribution in [3.63, 3.8) is 0 Å². The van der Waals surface area contributed by atoms with Crippen molar-refractivity contribution in [1.29, 1.82) is 0 Å². The molecule has 0 aromatic heterocycles. The summed E-state index contributed by atoms with van der Waals surface area (Å²) in [4.78, 5) is 0. The summed E-state index contributed by atoms with van der Waals surface area (Å²) in [5.74, 6) is 0.292. The minimum atomic E-state index is 0.292. The number of hydrogen-bond acceptors (Lipinski definition) is 1. The average Bonchev–Trinajstić information content (AvgIpc) is 2.62. The molecule has 0 amide bonds. The van der Waals surface area contributed by atoms with Crippen molar-refractivity contribution in [1.82, 2.24) is 0 Å². The Morgan fingerprint density at radius 1 is 0.625 bits per heavy atom. The van der Waals surface area contributed by atoms with Gasteiger partial charge in [-0.3, -0.25) is 0 Å². The molecular formula is C23H20O. The SMILES string of the molecule is Cc1cc(C=Cc2ccccc2)c(O)cc1C=Cc1ccccc1.